The van der Waals surface area contributed by atoms with E-state index in [2.05, 4.69) is 46.0 Å². The minimum absolute atomic E-state index is 0.529. The number of pyridine rings is 1. The first-order valence-electron chi connectivity index (χ1n) is 8.22. The summed E-state index contributed by atoms with van der Waals surface area (Å²) in [4.78, 5) is 0. The number of benzene rings is 2. The Labute approximate surface area is 146 Å². The quantitative estimate of drug-likeness (QED) is 0.531. The lowest BCUT2D eigenvalue weighted by molar-refractivity contribution is -0.688. The van der Waals surface area contributed by atoms with E-state index in [0.29, 0.717) is 11.8 Å². The van der Waals surface area contributed by atoms with Gasteiger partial charge in [0, 0.05) is 23.3 Å². The van der Waals surface area contributed by atoms with Crippen molar-refractivity contribution in [2.75, 3.05) is 0 Å². The lowest BCUT2D eigenvalue weighted by Gasteiger charge is -1.99. The summed E-state index contributed by atoms with van der Waals surface area (Å²) < 4.78 is 7.92. The fourth-order valence-corrected chi connectivity index (χ4v) is 2.65. The van der Waals surface area contributed by atoms with Gasteiger partial charge >= 0.3 is 0 Å². The summed E-state index contributed by atoms with van der Waals surface area (Å²) >= 11 is 0. The van der Waals surface area contributed by atoms with Gasteiger partial charge in [0.05, 0.1) is 5.56 Å². The van der Waals surface area contributed by atoms with Crippen molar-refractivity contribution in [3.8, 4) is 22.9 Å². The molecule has 0 spiro atoms. The SMILES string of the molecule is Cc1ccc(C[n+]2ccc(-c3nnc(-c4ccccc4)o3)cc2)cc1. The van der Waals surface area contributed by atoms with Gasteiger partial charge in [0.2, 0.25) is 11.8 Å². The van der Waals surface area contributed by atoms with Gasteiger partial charge < -0.3 is 4.42 Å². The Morgan fingerprint density at radius 2 is 1.36 bits per heavy atom. The molecule has 25 heavy (non-hydrogen) atoms. The molecule has 0 aliphatic rings. The molecule has 0 N–H and O–H groups in total. The third-order valence-electron chi connectivity index (χ3n) is 4.07. The molecular formula is C21H18N3O+. The van der Waals surface area contributed by atoms with Crippen LogP contribution in [0.1, 0.15) is 11.1 Å². The summed E-state index contributed by atoms with van der Waals surface area (Å²) in [6, 6.07) is 22.3. The van der Waals surface area contributed by atoms with Crippen molar-refractivity contribution in [1.29, 1.82) is 0 Å². The van der Waals surface area contributed by atoms with Gasteiger partial charge in [0.25, 0.3) is 0 Å². The fraction of sp³-hybridized carbons (Fsp3) is 0.0952. The molecule has 4 aromatic rings. The highest BCUT2D eigenvalue weighted by atomic mass is 16.4. The van der Waals surface area contributed by atoms with Gasteiger partial charge in [-0.15, -0.1) is 10.2 Å². The van der Waals surface area contributed by atoms with Crippen LogP contribution in [0, 0.1) is 6.92 Å². The van der Waals surface area contributed by atoms with E-state index in [9.17, 15) is 0 Å². The second-order valence-corrected chi connectivity index (χ2v) is 6.02. The van der Waals surface area contributed by atoms with Gasteiger partial charge in [0.15, 0.2) is 18.9 Å². The maximum atomic E-state index is 5.80. The Balaban J connectivity index is 1.52. The van der Waals surface area contributed by atoms with E-state index < -0.39 is 0 Å². The predicted octanol–water partition coefficient (Wildman–Crippen LogP) is 4.05. The minimum atomic E-state index is 0.529. The van der Waals surface area contributed by atoms with Crippen LogP contribution < -0.4 is 4.57 Å². The van der Waals surface area contributed by atoms with E-state index >= 15 is 0 Å². The molecule has 4 heteroatoms. The summed E-state index contributed by atoms with van der Waals surface area (Å²) in [5.74, 6) is 1.06. The standard InChI is InChI=1S/C21H18N3O/c1-16-7-9-17(10-8-16)15-24-13-11-19(12-14-24)21-23-22-20(25-21)18-5-3-2-4-6-18/h2-14H,15H2,1H3/q+1. The smallest absolute Gasteiger partial charge is 0.248 e. The number of aromatic nitrogens is 3. The van der Waals surface area contributed by atoms with Crippen molar-refractivity contribution < 1.29 is 8.98 Å². The van der Waals surface area contributed by atoms with Crippen molar-refractivity contribution >= 4 is 0 Å². The second kappa shape index (κ2) is 6.69. The Morgan fingerprint density at radius 1 is 0.760 bits per heavy atom. The average Bonchev–Trinajstić information content (AvgIpc) is 3.15. The number of nitrogens with zero attached hydrogens (tertiary/aromatic N) is 3. The Kier molecular flexibility index (Phi) is 4.09. The van der Waals surface area contributed by atoms with Gasteiger partial charge in [-0.1, -0.05) is 48.0 Å². The fourth-order valence-electron chi connectivity index (χ4n) is 2.65. The Bertz CT molecular complexity index is 958. The van der Waals surface area contributed by atoms with Crippen molar-refractivity contribution in [2.24, 2.45) is 0 Å². The van der Waals surface area contributed by atoms with Crippen LogP contribution in [0.4, 0.5) is 0 Å². The van der Waals surface area contributed by atoms with E-state index in [1.165, 1.54) is 11.1 Å². The molecule has 0 saturated heterocycles. The van der Waals surface area contributed by atoms with Crippen molar-refractivity contribution in [2.45, 2.75) is 13.5 Å². The monoisotopic (exact) mass is 328 g/mol. The van der Waals surface area contributed by atoms with Gasteiger partial charge in [-0.25, -0.2) is 4.57 Å². The molecule has 0 bridgehead atoms. The van der Waals surface area contributed by atoms with E-state index in [1.807, 2.05) is 54.9 Å². The first-order chi connectivity index (χ1) is 12.3. The number of hydrogen-bond acceptors (Lipinski definition) is 3. The molecule has 2 aromatic carbocycles. The van der Waals surface area contributed by atoms with Crippen molar-refractivity contribution in [3.63, 3.8) is 0 Å². The number of aryl methyl sites for hydroxylation is 1. The molecule has 0 radical (unpaired) electrons. The second-order valence-electron chi connectivity index (χ2n) is 6.02. The molecule has 0 aliphatic carbocycles. The first-order valence-corrected chi connectivity index (χ1v) is 8.22. The summed E-state index contributed by atoms with van der Waals surface area (Å²) in [6.45, 7) is 2.93. The van der Waals surface area contributed by atoms with Crippen molar-refractivity contribution in [1.82, 2.24) is 10.2 Å². The summed E-state index contributed by atoms with van der Waals surface area (Å²) in [7, 11) is 0. The van der Waals surface area contributed by atoms with Crippen LogP contribution in [-0.2, 0) is 6.54 Å². The maximum absolute atomic E-state index is 5.80. The highest BCUT2D eigenvalue weighted by molar-refractivity contribution is 5.56. The molecule has 2 heterocycles. The first kappa shape index (κ1) is 15.3. The third kappa shape index (κ3) is 3.48. The van der Waals surface area contributed by atoms with Gasteiger partial charge in [0.1, 0.15) is 0 Å². The molecule has 0 saturated carbocycles. The van der Waals surface area contributed by atoms with Crippen LogP contribution in [0.15, 0.2) is 83.5 Å². The van der Waals surface area contributed by atoms with Gasteiger partial charge in [-0.2, -0.15) is 0 Å². The molecule has 122 valence electrons. The zero-order valence-electron chi connectivity index (χ0n) is 14.0. The topological polar surface area (TPSA) is 42.8 Å². The zero-order valence-corrected chi connectivity index (χ0v) is 14.0. The largest absolute Gasteiger partial charge is 0.416 e. The Hall–Kier alpha value is -3.27. The summed E-state index contributed by atoms with van der Waals surface area (Å²) in [5.41, 5.74) is 4.38. The molecule has 0 unspecified atom stereocenters. The zero-order chi connectivity index (χ0) is 17.1. The van der Waals surface area contributed by atoms with Crippen LogP contribution >= 0.6 is 0 Å². The van der Waals surface area contributed by atoms with Crippen molar-refractivity contribution in [3.05, 3.63) is 90.3 Å². The number of hydrogen-bond donors (Lipinski definition) is 0. The molecule has 4 nitrogen and oxygen atoms in total. The summed E-state index contributed by atoms with van der Waals surface area (Å²) in [5, 5.41) is 8.30. The van der Waals surface area contributed by atoms with Crippen LogP contribution in [-0.4, -0.2) is 10.2 Å². The average molecular weight is 328 g/mol. The van der Waals surface area contributed by atoms with Crippen LogP contribution in [0.5, 0.6) is 0 Å². The van der Waals surface area contributed by atoms with Gasteiger partial charge in [-0.3, -0.25) is 0 Å². The van der Waals surface area contributed by atoms with E-state index in [-0.39, 0.29) is 0 Å². The summed E-state index contributed by atoms with van der Waals surface area (Å²) in [6.07, 6.45) is 4.06. The van der Waals surface area contributed by atoms with Crippen LogP contribution in [0.3, 0.4) is 0 Å². The van der Waals surface area contributed by atoms with E-state index in [1.54, 1.807) is 0 Å². The van der Waals surface area contributed by atoms with E-state index in [4.69, 9.17) is 4.42 Å². The molecule has 0 atom stereocenters. The molecule has 2 aromatic heterocycles. The molecular weight excluding hydrogens is 310 g/mol. The lowest BCUT2D eigenvalue weighted by atomic mass is 10.1. The predicted molar refractivity (Wildman–Crippen MR) is 95.6 cm³/mol. The van der Waals surface area contributed by atoms with Crippen LogP contribution in [0.2, 0.25) is 0 Å². The minimum Gasteiger partial charge on any atom is -0.416 e. The van der Waals surface area contributed by atoms with Crippen LogP contribution in [0.25, 0.3) is 22.9 Å². The molecule has 0 aliphatic heterocycles. The molecule has 0 fully saturated rings. The maximum Gasteiger partial charge on any atom is 0.248 e. The Morgan fingerprint density at radius 3 is 2.00 bits per heavy atom. The molecule has 0 amide bonds. The number of rotatable bonds is 4. The third-order valence-corrected chi connectivity index (χ3v) is 4.07. The van der Waals surface area contributed by atoms with E-state index in [0.717, 1.165) is 17.7 Å². The molecule has 4 rings (SSSR count). The lowest BCUT2D eigenvalue weighted by Crippen LogP contribution is -2.32. The van der Waals surface area contributed by atoms with Gasteiger partial charge in [-0.05, 0) is 19.1 Å². The normalized spacial score (nSPS) is 10.8. The highest BCUT2D eigenvalue weighted by Gasteiger charge is 2.12. The highest BCUT2D eigenvalue weighted by Crippen LogP contribution is 2.22.